The van der Waals surface area contributed by atoms with E-state index in [-0.39, 0.29) is 17.1 Å². The molecule has 0 fully saturated rings. The molecular weight excluding hydrogens is 178 g/mol. The molecule has 45 valence electrons. The number of thiol groups is 1. The molecule has 0 aliphatic carbocycles. The predicted octanol–water partition coefficient (Wildman–Crippen LogP) is 1.29. The third kappa shape index (κ3) is 10.8. The SMILES string of the molecule is CC=NC(=S)S.[Cu]. The van der Waals surface area contributed by atoms with Gasteiger partial charge in [-0.2, -0.15) is 0 Å². The van der Waals surface area contributed by atoms with Crippen molar-refractivity contribution >= 4 is 35.4 Å². The Morgan fingerprint density at radius 2 is 2.29 bits per heavy atom. The molecule has 0 aromatic heterocycles. The quantitative estimate of drug-likeness (QED) is 0.258. The van der Waals surface area contributed by atoms with Gasteiger partial charge in [-0.15, -0.1) is 12.6 Å². The molecule has 0 saturated heterocycles. The van der Waals surface area contributed by atoms with E-state index in [1.165, 1.54) is 0 Å². The fraction of sp³-hybridized carbons (Fsp3) is 0.333. The van der Waals surface area contributed by atoms with Crippen molar-refractivity contribution in [1.29, 1.82) is 0 Å². The van der Waals surface area contributed by atoms with Gasteiger partial charge in [0, 0.05) is 23.3 Å². The zero-order chi connectivity index (χ0) is 4.99. The van der Waals surface area contributed by atoms with Crippen molar-refractivity contribution in [3.8, 4) is 0 Å². The van der Waals surface area contributed by atoms with Crippen LogP contribution in [-0.2, 0) is 17.1 Å². The van der Waals surface area contributed by atoms with Gasteiger partial charge in [-0.25, -0.2) is 4.99 Å². The maximum absolute atomic E-state index is 4.46. The molecule has 7 heavy (non-hydrogen) atoms. The molecule has 0 aliphatic heterocycles. The van der Waals surface area contributed by atoms with Gasteiger partial charge in [0.1, 0.15) is 0 Å². The molecule has 1 radical (unpaired) electrons. The Labute approximate surface area is 64.5 Å². The van der Waals surface area contributed by atoms with E-state index in [1.54, 1.807) is 13.1 Å². The Balaban J connectivity index is 0. The van der Waals surface area contributed by atoms with E-state index in [0.29, 0.717) is 4.32 Å². The molecule has 4 heteroatoms. The minimum absolute atomic E-state index is 0. The van der Waals surface area contributed by atoms with Gasteiger partial charge in [0.2, 0.25) is 0 Å². The normalized spacial score (nSPS) is 8.29. The van der Waals surface area contributed by atoms with Gasteiger partial charge in [0.05, 0.1) is 0 Å². The van der Waals surface area contributed by atoms with Gasteiger partial charge in [0.25, 0.3) is 0 Å². The number of nitrogens with zero attached hydrogens (tertiary/aromatic N) is 1. The number of rotatable bonds is 0. The van der Waals surface area contributed by atoms with Gasteiger partial charge in [-0.1, -0.05) is 12.2 Å². The first-order valence-electron chi connectivity index (χ1n) is 1.49. The van der Waals surface area contributed by atoms with Crippen LogP contribution in [0.25, 0.3) is 0 Å². The van der Waals surface area contributed by atoms with E-state index in [0.717, 1.165) is 0 Å². The largest absolute Gasteiger partial charge is 0.243 e. The van der Waals surface area contributed by atoms with Crippen molar-refractivity contribution in [1.82, 2.24) is 0 Å². The molecule has 0 amide bonds. The second kappa shape index (κ2) is 6.63. The van der Waals surface area contributed by atoms with Crippen LogP contribution in [0.2, 0.25) is 0 Å². The molecule has 0 rings (SSSR count). The van der Waals surface area contributed by atoms with Gasteiger partial charge < -0.3 is 0 Å². The minimum atomic E-state index is 0. The van der Waals surface area contributed by atoms with Crippen molar-refractivity contribution in [2.45, 2.75) is 6.92 Å². The molecule has 0 aromatic carbocycles. The van der Waals surface area contributed by atoms with E-state index >= 15 is 0 Å². The van der Waals surface area contributed by atoms with Crippen LogP contribution in [0.15, 0.2) is 4.99 Å². The Bertz CT molecular complexity index is 81.0. The van der Waals surface area contributed by atoms with Crippen LogP contribution in [0.5, 0.6) is 0 Å². The van der Waals surface area contributed by atoms with Gasteiger partial charge in [0.15, 0.2) is 4.32 Å². The van der Waals surface area contributed by atoms with Crippen molar-refractivity contribution in [3.63, 3.8) is 0 Å². The summed E-state index contributed by atoms with van der Waals surface area (Å²) in [4.78, 5) is 3.60. The maximum atomic E-state index is 4.46. The van der Waals surface area contributed by atoms with E-state index in [4.69, 9.17) is 0 Å². The molecule has 0 bridgehead atoms. The molecule has 0 heterocycles. The van der Waals surface area contributed by atoms with Crippen LogP contribution >= 0.6 is 24.8 Å². The summed E-state index contributed by atoms with van der Waals surface area (Å²) in [5.74, 6) is 0. The molecule has 1 nitrogen and oxygen atoms in total. The van der Waals surface area contributed by atoms with Crippen molar-refractivity contribution < 1.29 is 17.1 Å². The first-order chi connectivity index (χ1) is 2.77. The first-order valence-corrected chi connectivity index (χ1v) is 2.34. The van der Waals surface area contributed by atoms with E-state index in [9.17, 15) is 0 Å². The number of thiocarbonyl (C=S) groups is 1. The Kier molecular flexibility index (Phi) is 10.0. The summed E-state index contributed by atoms with van der Waals surface area (Å²) in [6.07, 6.45) is 1.61. The summed E-state index contributed by atoms with van der Waals surface area (Å²) in [5.41, 5.74) is 0. The van der Waals surface area contributed by atoms with Crippen molar-refractivity contribution in [2.24, 2.45) is 4.99 Å². The Hall–Kier alpha value is 0.629. The van der Waals surface area contributed by atoms with Crippen molar-refractivity contribution in [2.75, 3.05) is 0 Å². The summed E-state index contributed by atoms with van der Waals surface area (Å²) >= 11 is 8.17. The average molecular weight is 183 g/mol. The molecule has 0 unspecified atom stereocenters. The molecule has 0 atom stereocenters. The molecule has 0 saturated carbocycles. The third-order valence-corrected chi connectivity index (χ3v) is 0.460. The fourth-order valence-corrected chi connectivity index (χ4v) is 0.331. The summed E-state index contributed by atoms with van der Waals surface area (Å²) in [7, 11) is 0. The van der Waals surface area contributed by atoms with Gasteiger partial charge in [-0.05, 0) is 6.92 Å². The van der Waals surface area contributed by atoms with Crippen LogP contribution in [-0.4, -0.2) is 10.5 Å². The van der Waals surface area contributed by atoms with Crippen LogP contribution in [0, 0.1) is 0 Å². The average Bonchev–Trinajstić information content (AvgIpc) is 1.35. The number of hydrogen-bond donors (Lipinski definition) is 1. The van der Waals surface area contributed by atoms with Crippen LogP contribution < -0.4 is 0 Å². The summed E-state index contributed by atoms with van der Waals surface area (Å²) < 4.78 is 0.387. The van der Waals surface area contributed by atoms with Gasteiger partial charge in [-0.3, -0.25) is 0 Å². The predicted molar refractivity (Wildman–Crippen MR) is 35.8 cm³/mol. The zero-order valence-electron chi connectivity index (χ0n) is 3.68. The first kappa shape index (κ1) is 10.6. The summed E-state index contributed by atoms with van der Waals surface area (Å²) in [6, 6.07) is 0. The zero-order valence-corrected chi connectivity index (χ0v) is 6.33. The molecule has 0 aromatic rings. The topological polar surface area (TPSA) is 12.4 Å². The monoisotopic (exact) mass is 182 g/mol. The van der Waals surface area contributed by atoms with Crippen LogP contribution in [0.1, 0.15) is 6.92 Å². The van der Waals surface area contributed by atoms with Gasteiger partial charge >= 0.3 is 0 Å². The standard InChI is InChI=1S/C3H5NS2.Cu/c1-2-4-3(5)6;/h2H,1H3,(H,5,6);. The second-order valence-corrected chi connectivity index (χ2v) is 1.78. The molecule has 0 N–H and O–H groups in total. The second-order valence-electron chi connectivity index (χ2n) is 0.670. The summed E-state index contributed by atoms with van der Waals surface area (Å²) in [5, 5.41) is 0. The molecule has 0 spiro atoms. The van der Waals surface area contributed by atoms with E-state index in [2.05, 4.69) is 29.8 Å². The number of aliphatic imine (C=N–C) groups is 1. The Morgan fingerprint density at radius 1 is 1.86 bits per heavy atom. The maximum Gasteiger partial charge on any atom is 0.156 e. The number of hydrogen-bond acceptors (Lipinski definition) is 1. The van der Waals surface area contributed by atoms with E-state index < -0.39 is 0 Å². The van der Waals surface area contributed by atoms with Crippen molar-refractivity contribution in [3.05, 3.63) is 0 Å². The fourth-order valence-electron chi connectivity index (χ4n) is 0.110. The molecule has 0 aliphatic rings. The minimum Gasteiger partial charge on any atom is -0.243 e. The van der Waals surface area contributed by atoms with Crippen LogP contribution in [0.4, 0.5) is 0 Å². The smallest absolute Gasteiger partial charge is 0.156 e. The van der Waals surface area contributed by atoms with E-state index in [1.807, 2.05) is 0 Å². The van der Waals surface area contributed by atoms with Crippen LogP contribution in [0.3, 0.4) is 0 Å². The molecular formula is C3H5CuNS2. The summed E-state index contributed by atoms with van der Waals surface area (Å²) in [6.45, 7) is 1.79. The Morgan fingerprint density at radius 3 is 2.29 bits per heavy atom. The third-order valence-electron chi connectivity index (χ3n) is 0.240.